The number of nitrogens with zero attached hydrogens (tertiary/aromatic N) is 3. The van der Waals surface area contributed by atoms with Gasteiger partial charge in [-0.05, 0) is 42.7 Å². The van der Waals surface area contributed by atoms with Crippen LogP contribution in [0.25, 0.3) is 0 Å². The molecule has 0 spiro atoms. The number of methoxy groups -OCH3 is 1. The Balaban J connectivity index is 1.36. The lowest BCUT2D eigenvalue weighted by molar-refractivity contribution is -0.274. The summed E-state index contributed by atoms with van der Waals surface area (Å²) in [4.78, 5) is 6.77. The molecule has 0 radical (unpaired) electrons. The number of anilines is 2. The Morgan fingerprint density at radius 1 is 0.935 bits per heavy atom. The second kappa shape index (κ2) is 8.70. The summed E-state index contributed by atoms with van der Waals surface area (Å²) in [6.45, 7) is 2.57. The number of likely N-dealkylation sites (tertiary alicyclic amines) is 1. The van der Waals surface area contributed by atoms with Gasteiger partial charge in [-0.25, -0.2) is 0 Å². The van der Waals surface area contributed by atoms with Crippen molar-refractivity contribution in [3.63, 3.8) is 0 Å². The zero-order valence-electron chi connectivity index (χ0n) is 17.6. The number of alkyl halides is 3. The van der Waals surface area contributed by atoms with Gasteiger partial charge in [0, 0.05) is 51.2 Å². The minimum Gasteiger partial charge on any atom is -0.497 e. The first kappa shape index (κ1) is 21.4. The quantitative estimate of drug-likeness (QED) is 0.663. The Kier molecular flexibility index (Phi) is 6.00. The van der Waals surface area contributed by atoms with Crippen molar-refractivity contribution in [3.8, 4) is 11.5 Å². The van der Waals surface area contributed by atoms with E-state index in [9.17, 15) is 13.2 Å². The zero-order chi connectivity index (χ0) is 22.0. The van der Waals surface area contributed by atoms with Gasteiger partial charge < -0.3 is 19.3 Å². The summed E-state index contributed by atoms with van der Waals surface area (Å²) in [6.07, 6.45) is 1.56. The lowest BCUT2D eigenvalue weighted by Crippen LogP contribution is -2.44. The van der Waals surface area contributed by atoms with Gasteiger partial charge in [0.25, 0.3) is 0 Å². The Morgan fingerprint density at radius 2 is 1.61 bits per heavy atom. The average molecular weight is 433 g/mol. The molecule has 0 aliphatic carbocycles. The van der Waals surface area contributed by atoms with E-state index in [1.54, 1.807) is 19.2 Å². The van der Waals surface area contributed by atoms with Crippen LogP contribution in [0.15, 0.2) is 54.9 Å². The van der Waals surface area contributed by atoms with Crippen molar-refractivity contribution in [2.75, 3.05) is 37.0 Å². The highest BCUT2D eigenvalue weighted by molar-refractivity contribution is 5.77. The maximum absolute atomic E-state index is 12.3. The van der Waals surface area contributed by atoms with Crippen molar-refractivity contribution in [1.29, 1.82) is 0 Å². The van der Waals surface area contributed by atoms with Crippen molar-refractivity contribution < 1.29 is 22.6 Å². The number of fused-ring (bicyclic) bond motifs is 1. The van der Waals surface area contributed by atoms with Gasteiger partial charge in [-0.2, -0.15) is 0 Å². The summed E-state index contributed by atoms with van der Waals surface area (Å²) in [6, 6.07) is 12.7. The van der Waals surface area contributed by atoms with Crippen molar-refractivity contribution >= 4 is 11.4 Å². The SMILES string of the molecule is COc1ccc2c(c1)N(C)C=CN2C1CCN(Cc2ccc(OC(F)(F)F)cc2)CC1. The van der Waals surface area contributed by atoms with Crippen LogP contribution >= 0.6 is 0 Å². The van der Waals surface area contributed by atoms with Crippen LogP contribution in [0.4, 0.5) is 24.5 Å². The molecule has 0 atom stereocenters. The van der Waals surface area contributed by atoms with Crippen molar-refractivity contribution in [2.45, 2.75) is 31.8 Å². The molecule has 2 aromatic rings. The number of rotatable bonds is 5. The van der Waals surface area contributed by atoms with E-state index in [4.69, 9.17) is 4.74 Å². The van der Waals surface area contributed by atoms with Gasteiger partial charge in [-0.15, -0.1) is 13.2 Å². The van der Waals surface area contributed by atoms with Gasteiger partial charge >= 0.3 is 6.36 Å². The van der Waals surface area contributed by atoms with Crippen LogP contribution in [0.1, 0.15) is 18.4 Å². The number of hydrogen-bond donors (Lipinski definition) is 0. The molecule has 0 bridgehead atoms. The Labute approximate surface area is 180 Å². The first-order chi connectivity index (χ1) is 14.8. The third kappa shape index (κ3) is 5.07. The molecule has 166 valence electrons. The van der Waals surface area contributed by atoms with E-state index in [-0.39, 0.29) is 5.75 Å². The van der Waals surface area contributed by atoms with Gasteiger partial charge in [0.2, 0.25) is 0 Å². The fraction of sp³-hybridized carbons (Fsp3) is 0.391. The van der Waals surface area contributed by atoms with Crippen LogP contribution in [-0.4, -0.2) is 44.6 Å². The van der Waals surface area contributed by atoms with Gasteiger partial charge in [-0.1, -0.05) is 12.1 Å². The summed E-state index contributed by atoms with van der Waals surface area (Å²) in [7, 11) is 3.70. The molecule has 2 heterocycles. The number of hydrogen-bond acceptors (Lipinski definition) is 5. The highest BCUT2D eigenvalue weighted by Crippen LogP contribution is 2.38. The summed E-state index contributed by atoms with van der Waals surface area (Å²) in [5.41, 5.74) is 3.26. The number of halogens is 3. The molecule has 0 saturated carbocycles. The molecular weight excluding hydrogens is 407 g/mol. The Morgan fingerprint density at radius 3 is 2.26 bits per heavy atom. The highest BCUT2D eigenvalue weighted by Gasteiger charge is 2.31. The van der Waals surface area contributed by atoms with E-state index in [0.717, 1.165) is 42.9 Å². The van der Waals surface area contributed by atoms with E-state index in [2.05, 4.69) is 37.9 Å². The van der Waals surface area contributed by atoms with Gasteiger partial charge in [-0.3, -0.25) is 4.90 Å². The minimum atomic E-state index is -4.66. The highest BCUT2D eigenvalue weighted by atomic mass is 19.4. The van der Waals surface area contributed by atoms with E-state index in [1.165, 1.54) is 17.8 Å². The first-order valence-electron chi connectivity index (χ1n) is 10.3. The molecule has 0 N–H and O–H groups in total. The van der Waals surface area contributed by atoms with Crippen LogP contribution in [0, 0.1) is 0 Å². The van der Waals surface area contributed by atoms with E-state index >= 15 is 0 Å². The van der Waals surface area contributed by atoms with E-state index < -0.39 is 6.36 Å². The molecule has 31 heavy (non-hydrogen) atoms. The van der Waals surface area contributed by atoms with Crippen molar-refractivity contribution in [2.24, 2.45) is 0 Å². The lowest BCUT2D eigenvalue weighted by Gasteiger charge is -2.41. The van der Waals surface area contributed by atoms with Crippen molar-refractivity contribution in [1.82, 2.24) is 4.90 Å². The minimum absolute atomic E-state index is 0.188. The molecule has 0 amide bonds. The predicted molar refractivity (Wildman–Crippen MR) is 114 cm³/mol. The standard InChI is InChI=1S/C23H26F3N3O2/c1-27-13-14-29(21-8-7-20(30-2)15-22(21)27)18-9-11-28(12-10-18)16-17-3-5-19(6-4-17)31-23(24,25)26/h3-8,13-15,18H,9-12,16H2,1-2H3. The summed E-state index contributed by atoms with van der Waals surface area (Å²) >= 11 is 0. The van der Waals surface area contributed by atoms with Gasteiger partial charge in [0.05, 0.1) is 18.5 Å². The number of piperidine rings is 1. The van der Waals surface area contributed by atoms with Crippen LogP contribution in [0.5, 0.6) is 11.5 Å². The molecule has 2 aliphatic heterocycles. The molecule has 1 fully saturated rings. The molecule has 8 heteroatoms. The Hall–Kier alpha value is -2.87. The molecule has 2 aliphatic rings. The summed E-state index contributed by atoms with van der Waals surface area (Å²) < 4.78 is 46.2. The molecule has 1 saturated heterocycles. The first-order valence-corrected chi connectivity index (χ1v) is 10.3. The van der Waals surface area contributed by atoms with Crippen LogP contribution in [-0.2, 0) is 6.54 Å². The fourth-order valence-corrected chi connectivity index (χ4v) is 4.19. The van der Waals surface area contributed by atoms with Gasteiger partial charge in [0.15, 0.2) is 0 Å². The second-order valence-corrected chi connectivity index (χ2v) is 7.87. The lowest BCUT2D eigenvalue weighted by atomic mass is 10.0. The third-order valence-corrected chi connectivity index (χ3v) is 5.81. The Bertz CT molecular complexity index is 923. The monoisotopic (exact) mass is 433 g/mol. The predicted octanol–water partition coefficient (Wildman–Crippen LogP) is 4.99. The summed E-state index contributed by atoms with van der Waals surface area (Å²) in [5, 5.41) is 0. The normalized spacial score (nSPS) is 17.6. The largest absolute Gasteiger partial charge is 0.573 e. The maximum Gasteiger partial charge on any atom is 0.573 e. The van der Waals surface area contributed by atoms with E-state index in [1.807, 2.05) is 19.2 Å². The molecular formula is C23H26F3N3O2. The molecule has 5 nitrogen and oxygen atoms in total. The third-order valence-electron chi connectivity index (χ3n) is 5.81. The molecule has 2 aromatic carbocycles. The van der Waals surface area contributed by atoms with Crippen molar-refractivity contribution in [3.05, 3.63) is 60.4 Å². The average Bonchev–Trinajstić information content (AvgIpc) is 2.75. The smallest absolute Gasteiger partial charge is 0.497 e. The zero-order valence-corrected chi connectivity index (χ0v) is 17.6. The second-order valence-electron chi connectivity index (χ2n) is 7.87. The van der Waals surface area contributed by atoms with Crippen LogP contribution in [0.3, 0.4) is 0 Å². The maximum atomic E-state index is 12.3. The molecule has 0 unspecified atom stereocenters. The fourth-order valence-electron chi connectivity index (χ4n) is 4.19. The number of ether oxygens (including phenoxy) is 2. The molecule has 4 rings (SSSR count). The summed E-state index contributed by atoms with van der Waals surface area (Å²) in [5.74, 6) is 0.648. The topological polar surface area (TPSA) is 28.2 Å². The number of benzene rings is 2. The van der Waals surface area contributed by atoms with Crippen LogP contribution < -0.4 is 19.3 Å². The van der Waals surface area contributed by atoms with Gasteiger partial charge in [0.1, 0.15) is 11.5 Å². The van der Waals surface area contributed by atoms with Crippen LogP contribution in [0.2, 0.25) is 0 Å². The van der Waals surface area contributed by atoms with E-state index in [0.29, 0.717) is 12.6 Å². The molecule has 0 aromatic heterocycles.